The lowest BCUT2D eigenvalue weighted by Gasteiger charge is -2.50. The summed E-state index contributed by atoms with van der Waals surface area (Å²) in [5.74, 6) is 0. The van der Waals surface area contributed by atoms with Crippen LogP contribution in [0.1, 0.15) is 0 Å². The van der Waals surface area contributed by atoms with Crippen molar-refractivity contribution in [3.05, 3.63) is 0 Å². The van der Waals surface area contributed by atoms with E-state index in [0.29, 0.717) is 0 Å². The molecule has 1 rings (SSSR count). The molecule has 2 unspecified atom stereocenters. The van der Waals surface area contributed by atoms with Crippen LogP contribution in [0.2, 0.25) is 78.6 Å². The van der Waals surface area contributed by atoms with Crippen LogP contribution in [0, 0.1) is 0 Å². The minimum atomic E-state index is -1.13. The van der Waals surface area contributed by atoms with E-state index in [0.717, 1.165) is 0 Å². The number of hydrogen-bond acceptors (Lipinski definition) is 0. The Labute approximate surface area is 141 Å². The lowest BCUT2D eigenvalue weighted by Crippen LogP contribution is -2.38. The van der Waals surface area contributed by atoms with Crippen molar-refractivity contribution >= 4 is 63.1 Å². The summed E-state index contributed by atoms with van der Waals surface area (Å²) in [4.78, 5) is 0. The molecular formula is C14H36P3Si4-. The molecule has 0 radical (unpaired) electrons. The molecule has 0 N–H and O–H groups in total. The van der Waals surface area contributed by atoms with Crippen LogP contribution in [0.5, 0.6) is 0 Å². The van der Waals surface area contributed by atoms with Gasteiger partial charge in [0.05, 0.1) is 15.5 Å². The molecule has 0 aromatic rings. The van der Waals surface area contributed by atoms with Gasteiger partial charge in [-0.05, 0) is 0 Å². The minimum absolute atomic E-state index is 0.236. The van der Waals surface area contributed by atoms with Crippen molar-refractivity contribution in [2.45, 2.75) is 78.6 Å². The Bertz CT molecular complexity index is 438. The van der Waals surface area contributed by atoms with Gasteiger partial charge in [-0.1, -0.05) is 78.6 Å². The molecule has 1 aliphatic heterocycles. The van der Waals surface area contributed by atoms with Crippen LogP contribution < -0.4 is 0 Å². The highest BCUT2D eigenvalue weighted by atomic mass is 32.3. The third kappa shape index (κ3) is 4.88. The molecule has 124 valence electrons. The highest BCUT2D eigenvalue weighted by molar-refractivity contribution is 8.70. The zero-order valence-electron chi connectivity index (χ0n) is 16.3. The molecule has 1 heterocycles. The molecule has 0 saturated carbocycles. The zero-order valence-corrected chi connectivity index (χ0v) is 23.0. The standard InChI is InChI=1S/C14H36P3Si4/c1-18(2,3)13-15-14(19(4,5)6)17(21(10,11)12)16(13)20(7,8)9/h1-12H3/q-1. The normalized spacial score (nSPS) is 26.1. The van der Waals surface area contributed by atoms with Crippen LogP contribution in [0.4, 0.5) is 0 Å². The summed E-state index contributed by atoms with van der Waals surface area (Å²) >= 11 is 0. The zero-order chi connectivity index (χ0) is 17.0. The van der Waals surface area contributed by atoms with Crippen molar-refractivity contribution in [2.75, 3.05) is 0 Å². The van der Waals surface area contributed by atoms with Gasteiger partial charge >= 0.3 is 0 Å². The van der Waals surface area contributed by atoms with Crippen molar-refractivity contribution in [3.63, 3.8) is 0 Å². The summed E-state index contributed by atoms with van der Waals surface area (Å²) in [5.41, 5.74) is 0. The van der Waals surface area contributed by atoms with Crippen molar-refractivity contribution in [1.29, 1.82) is 0 Å². The van der Waals surface area contributed by atoms with Crippen molar-refractivity contribution in [3.8, 4) is 0 Å². The van der Waals surface area contributed by atoms with Crippen LogP contribution in [-0.4, -0.2) is 40.9 Å². The third-order valence-corrected chi connectivity index (χ3v) is 54.3. The molecule has 1 aliphatic rings. The van der Waals surface area contributed by atoms with Crippen molar-refractivity contribution in [1.82, 2.24) is 0 Å². The monoisotopic (exact) mass is 409 g/mol. The Hall–Kier alpha value is 1.77. The van der Waals surface area contributed by atoms with Crippen LogP contribution in [0.15, 0.2) is 0 Å². The molecular weight excluding hydrogens is 373 g/mol. The van der Waals surface area contributed by atoms with Gasteiger partial charge in [0.15, 0.2) is 0 Å². The van der Waals surface area contributed by atoms with Crippen LogP contribution >= 0.6 is 22.1 Å². The Morgan fingerprint density at radius 2 is 0.762 bits per heavy atom. The van der Waals surface area contributed by atoms with E-state index in [2.05, 4.69) is 87.9 Å². The SMILES string of the molecule is C[Si](C)(C)C1=[P-]=C([Si](C)(C)C)P([Si](C)(C)C)P1[Si](C)(C)C. The highest BCUT2D eigenvalue weighted by Gasteiger charge is 2.45. The smallest absolute Gasteiger partial charge is 0.0784 e. The fourth-order valence-corrected chi connectivity index (χ4v) is 85.2. The average molecular weight is 410 g/mol. The van der Waals surface area contributed by atoms with Crippen LogP contribution in [0.3, 0.4) is 0 Å². The molecule has 0 aromatic heterocycles. The fourth-order valence-electron chi connectivity index (χ4n) is 2.59. The maximum atomic E-state index is 2.68. The van der Waals surface area contributed by atoms with Crippen LogP contribution in [0.25, 0.3) is 0 Å². The molecule has 0 fully saturated rings. The molecule has 0 saturated heterocycles. The van der Waals surface area contributed by atoms with Crippen molar-refractivity contribution in [2.24, 2.45) is 0 Å². The maximum Gasteiger partial charge on any atom is 0.0784 e. The summed E-state index contributed by atoms with van der Waals surface area (Å²) in [6.07, 6.45) is 0. The summed E-state index contributed by atoms with van der Waals surface area (Å²) in [7, 11) is -2.15. The van der Waals surface area contributed by atoms with E-state index < -0.39 is 31.6 Å². The minimum Gasteiger partial charge on any atom is -0.532 e. The Balaban J connectivity index is 3.62. The molecule has 21 heavy (non-hydrogen) atoms. The van der Waals surface area contributed by atoms with E-state index in [1.54, 1.807) is 7.83 Å². The first-order valence-corrected chi connectivity index (χ1v) is 28.0. The topological polar surface area (TPSA) is 0 Å². The lowest BCUT2D eigenvalue weighted by molar-refractivity contribution is 1.84. The second-order valence-electron chi connectivity index (χ2n) is 10.2. The molecule has 2 atom stereocenters. The second kappa shape index (κ2) is 6.25. The van der Waals surface area contributed by atoms with Gasteiger partial charge < -0.3 is 7.83 Å². The predicted molar refractivity (Wildman–Crippen MR) is 124 cm³/mol. The molecule has 0 amide bonds. The number of hydrogen-bond donors (Lipinski definition) is 0. The van der Waals surface area contributed by atoms with Gasteiger partial charge in [0.25, 0.3) is 0 Å². The Morgan fingerprint density at radius 1 is 0.524 bits per heavy atom. The largest absolute Gasteiger partial charge is 0.532 e. The Morgan fingerprint density at radius 3 is 0.905 bits per heavy atom. The van der Waals surface area contributed by atoms with Gasteiger partial charge in [0.2, 0.25) is 0 Å². The first-order chi connectivity index (χ1) is 8.97. The maximum absolute atomic E-state index is 2.68. The summed E-state index contributed by atoms with van der Waals surface area (Å²) in [6.45, 7) is 31.8. The average Bonchev–Trinajstić information content (AvgIpc) is 2.52. The van der Waals surface area contributed by atoms with Gasteiger partial charge in [0, 0.05) is 16.1 Å². The van der Waals surface area contributed by atoms with E-state index in [1.807, 2.05) is 0 Å². The first kappa shape index (κ1) is 20.8. The molecule has 7 heteroatoms. The molecule has 0 nitrogen and oxygen atoms in total. The summed E-state index contributed by atoms with van der Waals surface area (Å²) < 4.78 is 4.23. The van der Waals surface area contributed by atoms with Gasteiger partial charge in [-0.2, -0.15) is 0 Å². The van der Waals surface area contributed by atoms with Crippen molar-refractivity contribution < 1.29 is 0 Å². The van der Waals surface area contributed by atoms with Gasteiger partial charge in [-0.3, -0.25) is 0 Å². The van der Waals surface area contributed by atoms with E-state index in [9.17, 15) is 0 Å². The third-order valence-electron chi connectivity index (χ3n) is 3.43. The van der Waals surface area contributed by atoms with E-state index in [1.165, 1.54) is 0 Å². The van der Waals surface area contributed by atoms with E-state index >= 15 is 0 Å². The molecule has 0 bridgehead atoms. The first-order valence-electron chi connectivity index (χ1n) is 8.04. The molecule has 0 aliphatic carbocycles. The summed E-state index contributed by atoms with van der Waals surface area (Å²) in [6, 6.07) is 0. The van der Waals surface area contributed by atoms with Gasteiger partial charge in [0.1, 0.15) is 0 Å². The second-order valence-corrected chi connectivity index (χ2v) is 49.9. The molecule has 0 spiro atoms. The molecule has 0 aromatic carbocycles. The van der Waals surface area contributed by atoms with Gasteiger partial charge in [-0.15, -0.1) is 14.3 Å². The Kier molecular flexibility index (Phi) is 6.19. The van der Waals surface area contributed by atoms with E-state index in [-0.39, 0.29) is 14.3 Å². The highest BCUT2D eigenvalue weighted by Crippen LogP contribution is 2.83. The van der Waals surface area contributed by atoms with Crippen LogP contribution in [-0.2, 0) is 0 Å². The quantitative estimate of drug-likeness (QED) is 0.333. The predicted octanol–water partition coefficient (Wildman–Crippen LogP) is 7.51. The fraction of sp³-hybridized carbons (Fsp3) is 0.857. The summed E-state index contributed by atoms with van der Waals surface area (Å²) in [5, 5.41) is 0. The van der Waals surface area contributed by atoms with Gasteiger partial charge in [-0.25, -0.2) is 9.32 Å². The lowest BCUT2D eigenvalue weighted by atomic mass is 11.7. The number of rotatable bonds is 4. The van der Waals surface area contributed by atoms with E-state index in [4.69, 9.17) is 0 Å².